The van der Waals surface area contributed by atoms with E-state index < -0.39 is 0 Å². The van der Waals surface area contributed by atoms with E-state index in [1.165, 1.54) is 96.3 Å². The fourth-order valence-electron chi connectivity index (χ4n) is 7.45. The quantitative estimate of drug-likeness (QED) is 0.449. The summed E-state index contributed by atoms with van der Waals surface area (Å²) in [5.74, 6) is 4.24. The van der Waals surface area contributed by atoms with Gasteiger partial charge >= 0.3 is 0 Å². The van der Waals surface area contributed by atoms with Crippen molar-refractivity contribution in [3.63, 3.8) is 0 Å². The Kier molecular flexibility index (Phi) is 6.95. The Morgan fingerprint density at radius 1 is 0.778 bits per heavy atom. The van der Waals surface area contributed by atoms with Crippen LogP contribution in [0.5, 0.6) is 0 Å². The summed E-state index contributed by atoms with van der Waals surface area (Å²) >= 11 is 0. The van der Waals surface area contributed by atoms with Crippen molar-refractivity contribution in [1.82, 2.24) is 0 Å². The number of hydrogen-bond donors (Lipinski definition) is 0. The minimum atomic E-state index is 0.414. The number of carbonyl (C=O) groups is 1. The van der Waals surface area contributed by atoms with Gasteiger partial charge in [-0.15, -0.1) is 0 Å². The SMILES string of the molecule is CCCCCCCCOC1CC2C3CCCCC3C(=O)C2C2CCCCC12. The molecule has 0 aromatic rings. The number of unbranched alkanes of at least 4 members (excludes halogenated alkanes) is 5. The van der Waals surface area contributed by atoms with E-state index in [1.54, 1.807) is 0 Å². The van der Waals surface area contributed by atoms with Crippen molar-refractivity contribution in [2.24, 2.45) is 35.5 Å². The minimum absolute atomic E-state index is 0.414. The summed E-state index contributed by atoms with van der Waals surface area (Å²) in [6.07, 6.45) is 20.2. The first-order valence-corrected chi connectivity index (χ1v) is 12.5. The smallest absolute Gasteiger partial charge is 0.139 e. The summed E-state index contributed by atoms with van der Waals surface area (Å²) in [5.41, 5.74) is 0. The zero-order chi connectivity index (χ0) is 18.6. The lowest BCUT2D eigenvalue weighted by molar-refractivity contribution is -0.134. The number of carbonyl (C=O) groups excluding carboxylic acids is 1. The zero-order valence-corrected chi connectivity index (χ0v) is 17.7. The molecule has 27 heavy (non-hydrogen) atoms. The molecule has 0 amide bonds. The Bertz CT molecular complexity index is 487. The Hall–Kier alpha value is -0.370. The molecular weight excluding hydrogens is 332 g/mol. The number of ether oxygens (including phenoxy) is 1. The van der Waals surface area contributed by atoms with Crippen LogP contribution in [0.15, 0.2) is 0 Å². The first-order chi connectivity index (χ1) is 13.3. The number of fused-ring (bicyclic) bond motifs is 5. The third-order valence-corrected chi connectivity index (χ3v) is 8.67. The van der Waals surface area contributed by atoms with Crippen LogP contribution >= 0.6 is 0 Å². The van der Waals surface area contributed by atoms with Gasteiger partial charge in [0.05, 0.1) is 6.10 Å². The number of hydrogen-bond acceptors (Lipinski definition) is 2. The van der Waals surface area contributed by atoms with Crippen molar-refractivity contribution in [2.45, 2.75) is 109 Å². The maximum Gasteiger partial charge on any atom is 0.139 e. The summed E-state index contributed by atoms with van der Waals surface area (Å²) in [6, 6.07) is 0. The molecule has 4 rings (SSSR count). The summed E-state index contributed by atoms with van der Waals surface area (Å²) in [6.45, 7) is 3.24. The first-order valence-electron chi connectivity index (χ1n) is 12.5. The van der Waals surface area contributed by atoms with Crippen molar-refractivity contribution < 1.29 is 9.53 Å². The van der Waals surface area contributed by atoms with Gasteiger partial charge in [-0.25, -0.2) is 0 Å². The van der Waals surface area contributed by atoms with Crippen LogP contribution in [-0.2, 0) is 9.53 Å². The molecule has 7 unspecified atom stereocenters. The van der Waals surface area contributed by atoms with Crippen LogP contribution in [0.1, 0.15) is 103 Å². The van der Waals surface area contributed by atoms with Crippen LogP contribution in [0.25, 0.3) is 0 Å². The Labute approximate surface area is 167 Å². The molecule has 4 fully saturated rings. The molecule has 0 bridgehead atoms. The fourth-order valence-corrected chi connectivity index (χ4v) is 7.45. The first kappa shape index (κ1) is 19.9. The Morgan fingerprint density at radius 3 is 2.26 bits per heavy atom. The van der Waals surface area contributed by atoms with Crippen LogP contribution in [0.2, 0.25) is 0 Å². The van der Waals surface area contributed by atoms with Crippen LogP contribution in [0.4, 0.5) is 0 Å². The summed E-state index contributed by atoms with van der Waals surface area (Å²) < 4.78 is 6.57. The van der Waals surface area contributed by atoms with Gasteiger partial charge < -0.3 is 4.74 Å². The third kappa shape index (κ3) is 4.16. The summed E-state index contributed by atoms with van der Waals surface area (Å²) in [5, 5.41) is 0. The van der Waals surface area contributed by atoms with Crippen molar-refractivity contribution in [2.75, 3.05) is 6.61 Å². The monoisotopic (exact) mass is 374 g/mol. The second-order valence-electron chi connectivity index (χ2n) is 10.2. The van der Waals surface area contributed by atoms with E-state index in [4.69, 9.17) is 4.74 Å². The van der Waals surface area contributed by atoms with Gasteiger partial charge in [-0.2, -0.15) is 0 Å². The molecule has 0 N–H and O–H groups in total. The molecule has 7 atom stereocenters. The van der Waals surface area contributed by atoms with Crippen molar-refractivity contribution >= 4 is 5.78 Å². The topological polar surface area (TPSA) is 26.3 Å². The lowest BCUT2D eigenvalue weighted by Crippen LogP contribution is -2.46. The second kappa shape index (κ2) is 9.42. The molecular formula is C25H42O2. The van der Waals surface area contributed by atoms with Gasteiger partial charge in [0.2, 0.25) is 0 Å². The summed E-state index contributed by atoms with van der Waals surface area (Å²) in [7, 11) is 0. The van der Waals surface area contributed by atoms with E-state index in [9.17, 15) is 4.79 Å². The predicted octanol–water partition coefficient (Wildman–Crippen LogP) is 6.56. The molecule has 0 saturated heterocycles. The lowest BCUT2D eigenvalue weighted by atomic mass is 9.60. The second-order valence-corrected chi connectivity index (χ2v) is 10.2. The highest BCUT2D eigenvalue weighted by Crippen LogP contribution is 2.58. The predicted molar refractivity (Wildman–Crippen MR) is 111 cm³/mol. The van der Waals surface area contributed by atoms with Crippen molar-refractivity contribution in [1.29, 1.82) is 0 Å². The maximum atomic E-state index is 13.3. The average molecular weight is 375 g/mol. The number of ketones is 1. The Balaban J connectivity index is 1.36. The van der Waals surface area contributed by atoms with Crippen molar-refractivity contribution in [3.8, 4) is 0 Å². The standard InChI is InChI=1S/C25H42O2/c1-2-3-4-5-6-11-16-27-23-17-22-18-12-7-10-15-21(18)25(26)24(22)20-14-9-8-13-19(20)23/h18-24H,2-17H2,1H3. The van der Waals surface area contributed by atoms with E-state index in [0.29, 0.717) is 47.4 Å². The molecule has 4 aliphatic carbocycles. The van der Waals surface area contributed by atoms with Crippen LogP contribution in [-0.4, -0.2) is 18.5 Å². The van der Waals surface area contributed by atoms with Gasteiger partial charge in [-0.3, -0.25) is 4.79 Å². The Morgan fingerprint density at radius 2 is 1.44 bits per heavy atom. The van der Waals surface area contributed by atoms with Crippen molar-refractivity contribution in [3.05, 3.63) is 0 Å². The maximum absolute atomic E-state index is 13.3. The van der Waals surface area contributed by atoms with E-state index in [-0.39, 0.29) is 0 Å². The van der Waals surface area contributed by atoms with E-state index >= 15 is 0 Å². The highest BCUT2D eigenvalue weighted by Gasteiger charge is 2.58. The molecule has 4 saturated carbocycles. The van der Waals surface area contributed by atoms with Gasteiger partial charge in [-0.1, -0.05) is 64.7 Å². The van der Waals surface area contributed by atoms with Crippen LogP contribution in [0.3, 0.4) is 0 Å². The van der Waals surface area contributed by atoms with Gasteiger partial charge in [0.15, 0.2) is 0 Å². The third-order valence-electron chi connectivity index (χ3n) is 8.67. The molecule has 154 valence electrons. The fraction of sp³-hybridized carbons (Fsp3) is 0.960. The van der Waals surface area contributed by atoms with Gasteiger partial charge in [0.25, 0.3) is 0 Å². The van der Waals surface area contributed by atoms with Crippen LogP contribution in [0, 0.1) is 35.5 Å². The van der Waals surface area contributed by atoms with Crippen LogP contribution < -0.4 is 0 Å². The van der Waals surface area contributed by atoms with E-state index in [0.717, 1.165) is 6.61 Å². The molecule has 2 heteroatoms. The molecule has 0 aromatic heterocycles. The highest BCUT2D eigenvalue weighted by atomic mass is 16.5. The van der Waals surface area contributed by atoms with E-state index in [1.807, 2.05) is 0 Å². The molecule has 2 nitrogen and oxygen atoms in total. The van der Waals surface area contributed by atoms with Gasteiger partial charge in [-0.05, 0) is 62.2 Å². The van der Waals surface area contributed by atoms with E-state index in [2.05, 4.69) is 6.92 Å². The lowest BCUT2D eigenvalue weighted by Gasteiger charge is -2.48. The molecule has 0 radical (unpaired) electrons. The molecule has 0 spiro atoms. The molecule has 0 aliphatic heterocycles. The molecule has 0 aromatic carbocycles. The van der Waals surface area contributed by atoms with Gasteiger partial charge in [0.1, 0.15) is 5.78 Å². The number of Topliss-reactive ketones (excluding diaryl/α,β-unsaturated/α-hetero) is 1. The summed E-state index contributed by atoms with van der Waals surface area (Å²) in [4.78, 5) is 13.3. The van der Waals surface area contributed by atoms with Gasteiger partial charge in [0, 0.05) is 18.4 Å². The minimum Gasteiger partial charge on any atom is -0.378 e. The largest absolute Gasteiger partial charge is 0.378 e. The zero-order valence-electron chi connectivity index (χ0n) is 17.7. The highest BCUT2D eigenvalue weighted by molar-refractivity contribution is 5.87. The average Bonchev–Trinajstić information content (AvgIpc) is 3.00. The molecule has 4 aliphatic rings. The number of rotatable bonds is 8. The molecule has 0 heterocycles. The normalized spacial score (nSPS) is 41.1.